The number of nitrogens with one attached hydrogen (secondary N) is 4. The molecule has 2 aromatic carbocycles. The van der Waals surface area contributed by atoms with Crippen molar-refractivity contribution in [3.8, 4) is 0 Å². The van der Waals surface area contributed by atoms with E-state index in [0.29, 0.717) is 17.1 Å². The zero-order valence-corrected chi connectivity index (χ0v) is 15.6. The average molecular weight is 368 g/mol. The summed E-state index contributed by atoms with van der Waals surface area (Å²) in [5, 5.41) is 11.3. The van der Waals surface area contributed by atoms with Crippen LogP contribution in [0.2, 0.25) is 0 Å². The summed E-state index contributed by atoms with van der Waals surface area (Å²) in [6.07, 6.45) is 0. The topological polar surface area (TPSA) is 99.3 Å². The maximum atomic E-state index is 12.1. The Morgan fingerprint density at radius 2 is 1.41 bits per heavy atom. The van der Waals surface area contributed by atoms with Crippen molar-refractivity contribution >= 4 is 40.5 Å². The Bertz CT molecular complexity index is 816. The summed E-state index contributed by atoms with van der Waals surface area (Å²) < 4.78 is 0. The molecular formula is C20H24N4O3. The zero-order valence-electron chi connectivity index (χ0n) is 15.6. The molecule has 0 radical (unpaired) electrons. The van der Waals surface area contributed by atoms with Gasteiger partial charge in [0.15, 0.2) is 0 Å². The van der Waals surface area contributed by atoms with Crippen molar-refractivity contribution < 1.29 is 14.4 Å². The first-order valence-corrected chi connectivity index (χ1v) is 8.66. The summed E-state index contributed by atoms with van der Waals surface area (Å²) in [4.78, 5) is 34.8. The second-order valence-corrected chi connectivity index (χ2v) is 6.39. The molecule has 0 aromatic heterocycles. The van der Waals surface area contributed by atoms with Gasteiger partial charge in [-0.3, -0.25) is 14.4 Å². The van der Waals surface area contributed by atoms with E-state index in [-0.39, 0.29) is 30.2 Å². The number of carbonyl (C=O) groups excluding carboxylic acids is 3. The lowest BCUT2D eigenvalue weighted by Gasteiger charge is -2.11. The fourth-order valence-corrected chi connectivity index (χ4v) is 2.22. The van der Waals surface area contributed by atoms with Crippen LogP contribution in [0.25, 0.3) is 0 Å². The SMILES string of the molecule is CC(=O)Nc1ccc(NC(=O)CNc2cccc(NC(=O)C(C)C)c2)cc1. The summed E-state index contributed by atoms with van der Waals surface area (Å²) in [5.74, 6) is -0.529. The highest BCUT2D eigenvalue weighted by Crippen LogP contribution is 2.16. The molecule has 0 spiro atoms. The van der Waals surface area contributed by atoms with Gasteiger partial charge >= 0.3 is 0 Å². The predicted molar refractivity (Wildman–Crippen MR) is 108 cm³/mol. The van der Waals surface area contributed by atoms with Crippen LogP contribution in [-0.4, -0.2) is 24.3 Å². The van der Waals surface area contributed by atoms with Gasteiger partial charge < -0.3 is 21.3 Å². The van der Waals surface area contributed by atoms with E-state index < -0.39 is 0 Å². The fourth-order valence-electron chi connectivity index (χ4n) is 2.22. The fraction of sp³-hybridized carbons (Fsp3) is 0.250. The van der Waals surface area contributed by atoms with Gasteiger partial charge in [0.25, 0.3) is 0 Å². The maximum absolute atomic E-state index is 12.1. The van der Waals surface area contributed by atoms with Crippen LogP contribution in [0, 0.1) is 5.92 Å². The molecule has 2 aromatic rings. The summed E-state index contributed by atoms with van der Waals surface area (Å²) in [5.41, 5.74) is 2.70. The van der Waals surface area contributed by atoms with Crippen molar-refractivity contribution in [2.75, 3.05) is 27.8 Å². The maximum Gasteiger partial charge on any atom is 0.243 e. The highest BCUT2D eigenvalue weighted by molar-refractivity contribution is 5.95. The average Bonchev–Trinajstić information content (AvgIpc) is 2.61. The van der Waals surface area contributed by atoms with Crippen LogP contribution in [0.4, 0.5) is 22.7 Å². The van der Waals surface area contributed by atoms with Crippen LogP contribution in [0.1, 0.15) is 20.8 Å². The van der Waals surface area contributed by atoms with Gasteiger partial charge in [0.2, 0.25) is 17.7 Å². The van der Waals surface area contributed by atoms with Crippen LogP contribution in [-0.2, 0) is 14.4 Å². The molecule has 0 aliphatic carbocycles. The number of rotatable bonds is 7. The van der Waals surface area contributed by atoms with Crippen LogP contribution in [0.15, 0.2) is 48.5 Å². The van der Waals surface area contributed by atoms with E-state index in [1.807, 2.05) is 19.9 Å². The molecule has 0 atom stereocenters. The van der Waals surface area contributed by atoms with Gasteiger partial charge in [-0.2, -0.15) is 0 Å². The molecule has 27 heavy (non-hydrogen) atoms. The first-order chi connectivity index (χ1) is 12.8. The van der Waals surface area contributed by atoms with Crippen LogP contribution < -0.4 is 21.3 Å². The Balaban J connectivity index is 1.86. The number of hydrogen-bond donors (Lipinski definition) is 4. The number of hydrogen-bond acceptors (Lipinski definition) is 4. The van der Waals surface area contributed by atoms with E-state index >= 15 is 0 Å². The third-order valence-electron chi connectivity index (χ3n) is 3.60. The molecule has 0 aliphatic heterocycles. The normalized spacial score (nSPS) is 10.2. The first kappa shape index (κ1) is 20.0. The van der Waals surface area contributed by atoms with E-state index in [4.69, 9.17) is 0 Å². The molecule has 3 amide bonds. The molecule has 0 saturated carbocycles. The van der Waals surface area contributed by atoms with Gasteiger partial charge in [0, 0.05) is 35.6 Å². The van der Waals surface area contributed by atoms with Crippen molar-refractivity contribution in [2.24, 2.45) is 5.92 Å². The van der Waals surface area contributed by atoms with Crippen molar-refractivity contribution in [1.82, 2.24) is 0 Å². The molecule has 2 rings (SSSR count). The minimum absolute atomic E-state index is 0.0624. The minimum atomic E-state index is -0.209. The lowest BCUT2D eigenvalue weighted by molar-refractivity contribution is -0.119. The minimum Gasteiger partial charge on any atom is -0.376 e. The lowest BCUT2D eigenvalue weighted by Crippen LogP contribution is -2.22. The first-order valence-electron chi connectivity index (χ1n) is 8.66. The molecule has 142 valence electrons. The van der Waals surface area contributed by atoms with E-state index in [2.05, 4.69) is 21.3 Å². The Morgan fingerprint density at radius 3 is 2.00 bits per heavy atom. The summed E-state index contributed by atoms with van der Waals surface area (Å²) in [6, 6.07) is 14.0. The van der Waals surface area contributed by atoms with Crippen LogP contribution >= 0.6 is 0 Å². The smallest absolute Gasteiger partial charge is 0.243 e. The summed E-state index contributed by atoms with van der Waals surface area (Å²) in [7, 11) is 0. The Labute approximate surface area is 158 Å². The lowest BCUT2D eigenvalue weighted by atomic mass is 10.2. The molecule has 0 heterocycles. The molecule has 0 unspecified atom stereocenters. The number of benzene rings is 2. The molecule has 7 heteroatoms. The molecule has 0 bridgehead atoms. The van der Waals surface area contributed by atoms with Crippen molar-refractivity contribution in [3.63, 3.8) is 0 Å². The van der Waals surface area contributed by atoms with Crippen molar-refractivity contribution in [3.05, 3.63) is 48.5 Å². The molecule has 0 fully saturated rings. The molecule has 4 N–H and O–H groups in total. The van der Waals surface area contributed by atoms with Gasteiger partial charge in [-0.15, -0.1) is 0 Å². The van der Waals surface area contributed by atoms with E-state index in [9.17, 15) is 14.4 Å². The van der Waals surface area contributed by atoms with E-state index in [0.717, 1.165) is 5.69 Å². The second kappa shape index (κ2) is 9.38. The largest absolute Gasteiger partial charge is 0.376 e. The quantitative estimate of drug-likeness (QED) is 0.603. The second-order valence-electron chi connectivity index (χ2n) is 6.39. The van der Waals surface area contributed by atoms with Gasteiger partial charge in [0.05, 0.1) is 6.54 Å². The molecule has 7 nitrogen and oxygen atoms in total. The Kier molecular flexibility index (Phi) is 6.93. The molecule has 0 aliphatic rings. The highest BCUT2D eigenvalue weighted by atomic mass is 16.2. The molecule has 0 saturated heterocycles. The number of anilines is 4. The monoisotopic (exact) mass is 368 g/mol. The van der Waals surface area contributed by atoms with Gasteiger partial charge in [0.1, 0.15) is 0 Å². The van der Waals surface area contributed by atoms with Gasteiger partial charge in [-0.05, 0) is 42.5 Å². The van der Waals surface area contributed by atoms with Gasteiger partial charge in [-0.25, -0.2) is 0 Å². The van der Waals surface area contributed by atoms with Crippen LogP contribution in [0.3, 0.4) is 0 Å². The summed E-state index contributed by atoms with van der Waals surface area (Å²) >= 11 is 0. The van der Waals surface area contributed by atoms with E-state index in [1.165, 1.54) is 6.92 Å². The molecular weight excluding hydrogens is 344 g/mol. The number of amides is 3. The Morgan fingerprint density at radius 1 is 0.815 bits per heavy atom. The summed E-state index contributed by atoms with van der Waals surface area (Å²) in [6.45, 7) is 5.16. The van der Waals surface area contributed by atoms with Crippen LogP contribution in [0.5, 0.6) is 0 Å². The Hall–Kier alpha value is -3.35. The van der Waals surface area contributed by atoms with E-state index in [1.54, 1.807) is 42.5 Å². The third-order valence-corrected chi connectivity index (χ3v) is 3.60. The number of carbonyl (C=O) groups is 3. The highest BCUT2D eigenvalue weighted by Gasteiger charge is 2.08. The van der Waals surface area contributed by atoms with Crippen molar-refractivity contribution in [1.29, 1.82) is 0 Å². The zero-order chi connectivity index (χ0) is 19.8. The van der Waals surface area contributed by atoms with Gasteiger partial charge in [-0.1, -0.05) is 19.9 Å². The predicted octanol–water partition coefficient (Wildman–Crippen LogP) is 3.29. The standard InChI is InChI=1S/C20H24N4O3/c1-13(2)20(27)24-18-6-4-5-17(11-18)21-12-19(26)23-16-9-7-15(8-10-16)22-14(3)25/h4-11,13,21H,12H2,1-3H3,(H,22,25)(H,23,26)(H,24,27). The van der Waals surface area contributed by atoms with Crippen molar-refractivity contribution in [2.45, 2.75) is 20.8 Å². The third kappa shape index (κ3) is 6.81.